The first-order valence-corrected chi connectivity index (χ1v) is 7.36. The normalized spacial score (nSPS) is 13.8. The zero-order valence-corrected chi connectivity index (χ0v) is 12.1. The second-order valence-electron chi connectivity index (χ2n) is 5.02. The Morgan fingerprint density at radius 2 is 1.86 bits per heavy atom. The molecule has 1 aliphatic rings. The number of aromatic nitrogens is 1. The lowest BCUT2D eigenvalue weighted by molar-refractivity contribution is 0.711. The summed E-state index contributed by atoms with van der Waals surface area (Å²) in [5.74, 6) is 0. The van der Waals surface area contributed by atoms with Gasteiger partial charge in [0.1, 0.15) is 0 Å². The van der Waals surface area contributed by atoms with Crippen molar-refractivity contribution in [1.29, 1.82) is 0 Å². The molecule has 3 rings (SSSR count). The molecule has 112 valence electrons. The first-order valence-electron chi connectivity index (χ1n) is 6.98. The lowest BCUT2D eigenvalue weighted by Gasteiger charge is -2.16. The maximum atomic E-state index is 6.39. The van der Waals surface area contributed by atoms with Crippen LogP contribution in [0, 0.1) is 0 Å². The van der Waals surface area contributed by atoms with E-state index in [9.17, 15) is 0 Å². The summed E-state index contributed by atoms with van der Waals surface area (Å²) >= 11 is 6.39. The topological polar surface area (TPSA) is 37.0 Å². The molecule has 3 nitrogen and oxygen atoms in total. The van der Waals surface area contributed by atoms with Crippen molar-refractivity contribution in [3.05, 3.63) is 58.4 Å². The second-order valence-corrected chi connectivity index (χ2v) is 5.43. The van der Waals surface area contributed by atoms with E-state index < -0.39 is 0 Å². The molecule has 1 aliphatic heterocycles. The number of anilines is 1. The number of benzene rings is 1. The zero-order chi connectivity index (χ0) is 13.8. The van der Waals surface area contributed by atoms with Crippen molar-refractivity contribution in [3.63, 3.8) is 0 Å². The Kier molecular flexibility index (Phi) is 5.59. The highest BCUT2D eigenvalue weighted by atomic mass is 35.5. The molecule has 0 fully saturated rings. The van der Waals surface area contributed by atoms with E-state index >= 15 is 0 Å². The van der Waals surface area contributed by atoms with Gasteiger partial charge >= 0.3 is 0 Å². The molecule has 0 spiro atoms. The Bertz CT molecular complexity index is 584. The van der Waals surface area contributed by atoms with Gasteiger partial charge in [-0.05, 0) is 60.8 Å². The van der Waals surface area contributed by atoms with Crippen LogP contribution in [-0.2, 0) is 19.4 Å². The van der Waals surface area contributed by atoms with Crippen molar-refractivity contribution in [3.8, 4) is 0 Å². The van der Waals surface area contributed by atoms with Gasteiger partial charge in [-0.25, -0.2) is 0 Å². The van der Waals surface area contributed by atoms with Crippen LogP contribution in [0.15, 0.2) is 36.7 Å². The molecular formula is C17H22ClN3. The highest BCUT2D eigenvalue weighted by Gasteiger charge is 2.14. The zero-order valence-electron chi connectivity index (χ0n) is 11.3. The number of nitrogens with zero attached hydrogens (tertiary/aromatic N) is 1. The Labute approximate surface area is 131 Å². The minimum Gasteiger partial charge on any atom is -0.380 e. The van der Waals surface area contributed by atoms with Crippen molar-refractivity contribution in [2.75, 3.05) is 18.4 Å². The van der Waals surface area contributed by atoms with Crippen LogP contribution in [0.25, 0.3) is 0 Å². The third-order valence-electron chi connectivity index (χ3n) is 3.70. The van der Waals surface area contributed by atoms with Crippen LogP contribution >= 0.6 is 11.6 Å². The largest absolute Gasteiger partial charge is 0.380 e. The Morgan fingerprint density at radius 1 is 1.10 bits per heavy atom. The smallest absolute Gasteiger partial charge is 0.0640 e. The lowest BCUT2D eigenvalue weighted by Crippen LogP contribution is -2.16. The van der Waals surface area contributed by atoms with Gasteiger partial charge < -0.3 is 10.6 Å². The molecule has 0 saturated carbocycles. The van der Waals surface area contributed by atoms with Crippen LogP contribution < -0.4 is 10.6 Å². The van der Waals surface area contributed by atoms with Gasteiger partial charge in [-0.2, -0.15) is 0 Å². The summed E-state index contributed by atoms with van der Waals surface area (Å²) in [4.78, 5) is 4.04. The van der Waals surface area contributed by atoms with E-state index in [2.05, 4.69) is 21.7 Å². The molecular weight excluding hydrogens is 282 g/mol. The van der Waals surface area contributed by atoms with E-state index in [4.69, 9.17) is 11.6 Å². The lowest BCUT2D eigenvalue weighted by atomic mass is 10.0. The number of pyridine rings is 1. The summed E-state index contributed by atoms with van der Waals surface area (Å²) in [5.41, 5.74) is 5.05. The Balaban J connectivity index is 0.00000161. The maximum absolute atomic E-state index is 6.39. The predicted molar refractivity (Wildman–Crippen MR) is 90.0 cm³/mol. The van der Waals surface area contributed by atoms with E-state index in [-0.39, 0.29) is 7.43 Å². The molecule has 0 unspecified atom stereocenters. The number of rotatable bonds is 3. The molecule has 21 heavy (non-hydrogen) atoms. The molecule has 2 N–H and O–H groups in total. The van der Waals surface area contributed by atoms with Crippen LogP contribution in [0.2, 0.25) is 5.02 Å². The van der Waals surface area contributed by atoms with Crippen LogP contribution in [0.5, 0.6) is 0 Å². The Hall–Kier alpha value is -1.58. The van der Waals surface area contributed by atoms with Crippen LogP contribution in [0.4, 0.5) is 5.69 Å². The third-order valence-corrected chi connectivity index (χ3v) is 4.02. The SMILES string of the molecule is C.Clc1ccc2c(c1NCc1ccncc1)CCNCC2. The second kappa shape index (κ2) is 7.43. The maximum Gasteiger partial charge on any atom is 0.0640 e. The fourth-order valence-corrected chi connectivity index (χ4v) is 2.87. The molecule has 0 saturated heterocycles. The molecule has 2 aromatic rings. The van der Waals surface area contributed by atoms with Gasteiger partial charge in [0.2, 0.25) is 0 Å². The first-order chi connectivity index (χ1) is 9.84. The summed E-state index contributed by atoms with van der Waals surface area (Å²) < 4.78 is 0. The predicted octanol–water partition coefficient (Wildman–Crippen LogP) is 3.67. The standard InChI is InChI=1S/C16H18ClN3.CH4/c17-15-2-1-13-5-9-19-10-6-14(13)16(15)20-11-12-3-7-18-8-4-12;/h1-4,7-8,19-20H,5-6,9-11H2;1H4. The molecule has 4 heteroatoms. The summed E-state index contributed by atoms with van der Waals surface area (Å²) in [6.45, 7) is 2.82. The van der Waals surface area contributed by atoms with Gasteiger partial charge in [0.25, 0.3) is 0 Å². The number of hydrogen-bond acceptors (Lipinski definition) is 3. The minimum absolute atomic E-state index is 0. The van der Waals surface area contributed by atoms with Crippen molar-refractivity contribution in [2.24, 2.45) is 0 Å². The highest BCUT2D eigenvalue weighted by molar-refractivity contribution is 6.33. The molecule has 0 aliphatic carbocycles. The molecule has 0 atom stereocenters. The van der Waals surface area contributed by atoms with Crippen LogP contribution in [0.3, 0.4) is 0 Å². The fraction of sp³-hybridized carbons (Fsp3) is 0.353. The molecule has 0 amide bonds. The highest BCUT2D eigenvalue weighted by Crippen LogP contribution is 2.31. The van der Waals surface area contributed by atoms with Gasteiger partial charge in [-0.15, -0.1) is 0 Å². The quantitative estimate of drug-likeness (QED) is 0.908. The van der Waals surface area contributed by atoms with Crippen molar-refractivity contribution >= 4 is 17.3 Å². The molecule has 0 bridgehead atoms. The van der Waals surface area contributed by atoms with Crippen molar-refractivity contribution in [1.82, 2.24) is 10.3 Å². The number of fused-ring (bicyclic) bond motifs is 1. The average molecular weight is 304 g/mol. The summed E-state index contributed by atoms with van der Waals surface area (Å²) in [6.07, 6.45) is 5.72. The molecule has 2 heterocycles. The molecule has 1 aromatic heterocycles. The molecule has 0 radical (unpaired) electrons. The number of halogens is 1. The Morgan fingerprint density at radius 3 is 2.67 bits per heavy atom. The van der Waals surface area contributed by atoms with E-state index in [1.807, 2.05) is 30.6 Å². The fourth-order valence-electron chi connectivity index (χ4n) is 2.63. The van der Waals surface area contributed by atoms with E-state index in [1.165, 1.54) is 16.7 Å². The van der Waals surface area contributed by atoms with E-state index in [0.717, 1.165) is 43.2 Å². The third kappa shape index (κ3) is 3.74. The first kappa shape index (κ1) is 15.8. The van der Waals surface area contributed by atoms with Crippen molar-refractivity contribution < 1.29 is 0 Å². The van der Waals surface area contributed by atoms with Crippen LogP contribution in [-0.4, -0.2) is 18.1 Å². The number of nitrogens with one attached hydrogen (secondary N) is 2. The average Bonchev–Trinajstić information content (AvgIpc) is 2.73. The van der Waals surface area contributed by atoms with Gasteiger partial charge in [-0.3, -0.25) is 4.98 Å². The summed E-state index contributed by atoms with van der Waals surface area (Å²) in [6, 6.07) is 8.19. The van der Waals surface area contributed by atoms with Gasteiger partial charge in [0.05, 0.1) is 10.7 Å². The van der Waals surface area contributed by atoms with Gasteiger partial charge in [-0.1, -0.05) is 25.1 Å². The van der Waals surface area contributed by atoms with E-state index in [0.29, 0.717) is 0 Å². The molecule has 1 aromatic carbocycles. The van der Waals surface area contributed by atoms with E-state index in [1.54, 1.807) is 0 Å². The minimum atomic E-state index is 0. The number of hydrogen-bond donors (Lipinski definition) is 2. The summed E-state index contributed by atoms with van der Waals surface area (Å²) in [5, 5.41) is 7.74. The van der Waals surface area contributed by atoms with Crippen LogP contribution in [0.1, 0.15) is 24.1 Å². The summed E-state index contributed by atoms with van der Waals surface area (Å²) in [7, 11) is 0. The van der Waals surface area contributed by atoms with Gasteiger partial charge in [0, 0.05) is 18.9 Å². The van der Waals surface area contributed by atoms with Crippen molar-refractivity contribution in [2.45, 2.75) is 26.8 Å². The van der Waals surface area contributed by atoms with Gasteiger partial charge in [0.15, 0.2) is 0 Å². The monoisotopic (exact) mass is 303 g/mol.